The van der Waals surface area contributed by atoms with E-state index < -0.39 is 0 Å². The first-order valence-electron chi connectivity index (χ1n) is 12.6. The van der Waals surface area contributed by atoms with Crippen LogP contribution in [-0.2, 0) is 35.3 Å². The van der Waals surface area contributed by atoms with E-state index in [2.05, 4.69) is 24.3 Å². The summed E-state index contributed by atoms with van der Waals surface area (Å²) in [6, 6.07) is 20.4. The maximum absolute atomic E-state index is 13.3. The van der Waals surface area contributed by atoms with Crippen molar-refractivity contribution >= 4 is 5.91 Å². The Bertz CT molecular complexity index is 1160. The van der Waals surface area contributed by atoms with Crippen LogP contribution in [0.15, 0.2) is 66.7 Å². The smallest absolute Gasteiger partial charge is 0.227 e. The number of benzene rings is 3. The van der Waals surface area contributed by atoms with Crippen LogP contribution in [0.25, 0.3) is 0 Å². The van der Waals surface area contributed by atoms with E-state index in [0.717, 1.165) is 43.4 Å². The van der Waals surface area contributed by atoms with Crippen LogP contribution >= 0.6 is 0 Å². The zero-order valence-electron chi connectivity index (χ0n) is 20.6. The summed E-state index contributed by atoms with van der Waals surface area (Å²) in [4.78, 5) is 15.1. The Kier molecular flexibility index (Phi) is 7.52. The third-order valence-electron chi connectivity index (χ3n) is 6.98. The van der Waals surface area contributed by atoms with Gasteiger partial charge in [-0.25, -0.2) is 4.39 Å². The molecule has 1 fully saturated rings. The predicted molar refractivity (Wildman–Crippen MR) is 136 cm³/mol. The molecule has 1 unspecified atom stereocenters. The van der Waals surface area contributed by atoms with E-state index in [1.165, 1.54) is 23.3 Å². The molecule has 5 rings (SSSR count). The molecule has 36 heavy (non-hydrogen) atoms. The molecule has 5 nitrogen and oxygen atoms in total. The van der Waals surface area contributed by atoms with Crippen molar-refractivity contribution in [1.29, 1.82) is 0 Å². The van der Waals surface area contributed by atoms with Crippen molar-refractivity contribution in [1.82, 2.24) is 4.90 Å². The first kappa shape index (κ1) is 24.3. The Labute approximate surface area is 211 Å². The molecule has 6 heteroatoms. The zero-order chi connectivity index (χ0) is 24.9. The van der Waals surface area contributed by atoms with Crippen LogP contribution in [0.1, 0.15) is 35.1 Å². The molecule has 0 spiro atoms. The normalized spacial score (nSPS) is 17.1. The van der Waals surface area contributed by atoms with Crippen molar-refractivity contribution < 1.29 is 23.4 Å². The fourth-order valence-corrected chi connectivity index (χ4v) is 5.09. The molecule has 1 amide bonds. The molecule has 0 N–H and O–H groups in total. The van der Waals surface area contributed by atoms with E-state index in [0.29, 0.717) is 24.6 Å². The summed E-state index contributed by atoms with van der Waals surface area (Å²) in [7, 11) is 1.64. The van der Waals surface area contributed by atoms with Crippen LogP contribution in [0.5, 0.6) is 11.5 Å². The van der Waals surface area contributed by atoms with Gasteiger partial charge in [-0.1, -0.05) is 42.5 Å². The second-order valence-corrected chi connectivity index (χ2v) is 9.61. The number of hydrogen-bond acceptors (Lipinski definition) is 4. The summed E-state index contributed by atoms with van der Waals surface area (Å²) in [5.74, 6) is 1.05. The van der Waals surface area contributed by atoms with Gasteiger partial charge < -0.3 is 19.1 Å². The second kappa shape index (κ2) is 11.1. The van der Waals surface area contributed by atoms with E-state index >= 15 is 0 Å². The Hall–Kier alpha value is -3.38. The first-order chi connectivity index (χ1) is 17.6. The lowest BCUT2D eigenvalue weighted by Crippen LogP contribution is -2.37. The van der Waals surface area contributed by atoms with Crippen molar-refractivity contribution in [2.24, 2.45) is 0 Å². The van der Waals surface area contributed by atoms with Gasteiger partial charge in [-0.15, -0.1) is 0 Å². The van der Waals surface area contributed by atoms with Gasteiger partial charge in [0.15, 0.2) is 11.5 Å². The number of carbonyl (C=O) groups excluding carboxylic acids is 1. The lowest BCUT2D eigenvalue weighted by atomic mass is 10.1. The molecule has 3 aromatic rings. The highest BCUT2D eigenvalue weighted by Crippen LogP contribution is 2.33. The molecule has 1 aliphatic carbocycles. The molecule has 1 heterocycles. The summed E-state index contributed by atoms with van der Waals surface area (Å²) in [6.07, 6.45) is 4.05. The highest BCUT2D eigenvalue weighted by atomic mass is 19.1. The van der Waals surface area contributed by atoms with Crippen LogP contribution in [0, 0.1) is 5.82 Å². The predicted octanol–water partition coefficient (Wildman–Crippen LogP) is 5.13. The highest BCUT2D eigenvalue weighted by Gasteiger charge is 2.25. The first-order valence-corrected chi connectivity index (χ1v) is 12.6. The average molecular weight is 490 g/mol. The van der Waals surface area contributed by atoms with Crippen LogP contribution in [-0.4, -0.2) is 43.3 Å². The Balaban J connectivity index is 1.28. The maximum atomic E-state index is 13.3. The van der Waals surface area contributed by atoms with E-state index in [4.69, 9.17) is 14.2 Å². The summed E-state index contributed by atoms with van der Waals surface area (Å²) in [5, 5.41) is 0. The van der Waals surface area contributed by atoms with Gasteiger partial charge in [0, 0.05) is 32.5 Å². The molecular weight excluding hydrogens is 457 g/mol. The van der Waals surface area contributed by atoms with Crippen LogP contribution < -0.4 is 9.47 Å². The highest BCUT2D eigenvalue weighted by molar-refractivity contribution is 5.78. The second-order valence-electron chi connectivity index (χ2n) is 9.61. The summed E-state index contributed by atoms with van der Waals surface area (Å²) >= 11 is 0. The van der Waals surface area contributed by atoms with Gasteiger partial charge in [0.2, 0.25) is 5.91 Å². The summed E-state index contributed by atoms with van der Waals surface area (Å²) in [6.45, 7) is 1.70. The van der Waals surface area contributed by atoms with Gasteiger partial charge in [-0.05, 0) is 59.4 Å². The molecular formula is C30H32FNO4. The molecule has 3 aromatic carbocycles. The van der Waals surface area contributed by atoms with E-state index in [-0.39, 0.29) is 30.4 Å². The third-order valence-corrected chi connectivity index (χ3v) is 6.98. The number of rotatable bonds is 9. The minimum Gasteiger partial charge on any atom is -0.493 e. The van der Waals surface area contributed by atoms with Gasteiger partial charge in [-0.2, -0.15) is 0 Å². The standard InChI is InChI=1S/C30H32FNO4/c1-34-29-15-22(10-13-28(29)36-27-17-23-5-2-3-6-24(23)18-27)19-32(20-26-7-4-14-35-26)30(33)16-21-8-11-25(31)12-9-21/h2-3,5-6,8-13,15,26-27H,4,7,14,16-20H2,1H3. The summed E-state index contributed by atoms with van der Waals surface area (Å²) < 4.78 is 31.1. The molecule has 0 bridgehead atoms. The molecule has 2 aliphatic rings. The third kappa shape index (κ3) is 5.88. The number of nitrogens with zero attached hydrogens (tertiary/aromatic N) is 1. The average Bonchev–Trinajstić information content (AvgIpc) is 3.55. The van der Waals surface area contributed by atoms with E-state index in [1.807, 2.05) is 23.1 Å². The fourth-order valence-electron chi connectivity index (χ4n) is 5.09. The van der Waals surface area contributed by atoms with Gasteiger partial charge in [0.25, 0.3) is 0 Å². The lowest BCUT2D eigenvalue weighted by Gasteiger charge is -2.26. The van der Waals surface area contributed by atoms with Crippen LogP contribution in [0.3, 0.4) is 0 Å². The van der Waals surface area contributed by atoms with Crippen molar-refractivity contribution in [3.8, 4) is 11.5 Å². The number of fused-ring (bicyclic) bond motifs is 1. The molecule has 0 saturated carbocycles. The molecule has 1 saturated heterocycles. The molecule has 0 radical (unpaired) electrons. The van der Waals surface area contributed by atoms with Gasteiger partial charge in [0.1, 0.15) is 11.9 Å². The van der Waals surface area contributed by atoms with Gasteiger partial charge >= 0.3 is 0 Å². The minimum absolute atomic E-state index is 0.0138. The van der Waals surface area contributed by atoms with E-state index in [9.17, 15) is 9.18 Å². The SMILES string of the molecule is COc1cc(CN(CC2CCCO2)C(=O)Cc2ccc(F)cc2)ccc1OC1Cc2ccccc2C1. The number of ether oxygens (including phenoxy) is 3. The minimum atomic E-state index is -0.307. The lowest BCUT2D eigenvalue weighted by molar-refractivity contribution is -0.132. The maximum Gasteiger partial charge on any atom is 0.227 e. The van der Waals surface area contributed by atoms with Crippen molar-refractivity contribution in [3.05, 3.63) is 94.8 Å². The van der Waals surface area contributed by atoms with E-state index in [1.54, 1.807) is 19.2 Å². The Morgan fingerprint density at radius 3 is 2.39 bits per heavy atom. The molecule has 0 aromatic heterocycles. The fraction of sp³-hybridized carbons (Fsp3) is 0.367. The van der Waals surface area contributed by atoms with Crippen molar-refractivity contribution in [2.45, 2.75) is 50.9 Å². The topological polar surface area (TPSA) is 48.0 Å². The zero-order valence-corrected chi connectivity index (χ0v) is 20.6. The monoisotopic (exact) mass is 489 g/mol. The Morgan fingerprint density at radius 1 is 1.00 bits per heavy atom. The number of methoxy groups -OCH3 is 1. The van der Waals surface area contributed by atoms with Crippen LogP contribution in [0.2, 0.25) is 0 Å². The largest absolute Gasteiger partial charge is 0.493 e. The van der Waals surface area contributed by atoms with Gasteiger partial charge in [0.05, 0.1) is 19.6 Å². The quantitative estimate of drug-likeness (QED) is 0.418. The number of halogens is 1. The van der Waals surface area contributed by atoms with Crippen molar-refractivity contribution in [2.75, 3.05) is 20.3 Å². The Morgan fingerprint density at radius 2 is 1.72 bits per heavy atom. The van der Waals surface area contributed by atoms with Gasteiger partial charge in [-0.3, -0.25) is 4.79 Å². The molecule has 1 atom stereocenters. The number of amides is 1. The number of carbonyl (C=O) groups is 1. The van der Waals surface area contributed by atoms with Crippen molar-refractivity contribution in [3.63, 3.8) is 0 Å². The number of hydrogen-bond donors (Lipinski definition) is 0. The molecule has 188 valence electrons. The molecule has 1 aliphatic heterocycles. The summed E-state index contributed by atoms with van der Waals surface area (Å²) in [5.41, 5.74) is 4.42. The van der Waals surface area contributed by atoms with Crippen LogP contribution in [0.4, 0.5) is 4.39 Å².